The number of amides is 1. The molecule has 0 unspecified atom stereocenters. The summed E-state index contributed by atoms with van der Waals surface area (Å²) in [6.45, 7) is 3.82. The molecule has 0 aliphatic heterocycles. The number of hydrogen-bond acceptors (Lipinski definition) is 4. The van der Waals surface area contributed by atoms with Crippen LogP contribution in [0.5, 0.6) is 0 Å². The summed E-state index contributed by atoms with van der Waals surface area (Å²) in [5.74, 6) is 0.947. The van der Waals surface area contributed by atoms with Gasteiger partial charge in [0.15, 0.2) is 0 Å². The number of benzene rings is 1. The number of rotatable bonds is 4. The Kier molecular flexibility index (Phi) is 4.71. The number of aromatic nitrogens is 4. The Hall–Kier alpha value is -3.02. The van der Waals surface area contributed by atoms with Crippen molar-refractivity contribution in [2.75, 3.05) is 0 Å². The van der Waals surface area contributed by atoms with Crippen molar-refractivity contribution in [2.45, 2.75) is 45.6 Å². The van der Waals surface area contributed by atoms with E-state index in [4.69, 9.17) is 0 Å². The van der Waals surface area contributed by atoms with E-state index >= 15 is 0 Å². The second kappa shape index (κ2) is 7.31. The zero-order valence-electron chi connectivity index (χ0n) is 15.6. The van der Waals surface area contributed by atoms with Crippen LogP contribution < -0.4 is 5.32 Å². The highest BCUT2D eigenvalue weighted by molar-refractivity contribution is 5.76. The van der Waals surface area contributed by atoms with Crippen molar-refractivity contribution >= 4 is 5.91 Å². The standard InChI is InChI=1S/C21H23N5O/c1-3-21(27)24-20-6-4-5-17-18(11-22-12-19(17)20)15-7-9-16(10-8-15)26-13-23-25-14(26)2/h7-13,20H,3-6H2,1-2H3,(H,24,27)/t20-/m1/s1. The van der Waals surface area contributed by atoms with Crippen LogP contribution in [0.3, 0.4) is 0 Å². The zero-order chi connectivity index (χ0) is 18.8. The molecule has 0 radical (unpaired) electrons. The van der Waals surface area contributed by atoms with Crippen molar-refractivity contribution in [3.05, 3.63) is 59.9 Å². The van der Waals surface area contributed by atoms with Crippen LogP contribution in [0.4, 0.5) is 0 Å². The van der Waals surface area contributed by atoms with Crippen molar-refractivity contribution in [3.63, 3.8) is 0 Å². The van der Waals surface area contributed by atoms with Gasteiger partial charge >= 0.3 is 0 Å². The van der Waals surface area contributed by atoms with Crippen LogP contribution in [-0.4, -0.2) is 25.7 Å². The first-order chi connectivity index (χ1) is 13.2. The number of hydrogen-bond donors (Lipinski definition) is 1. The molecule has 0 saturated heterocycles. The summed E-state index contributed by atoms with van der Waals surface area (Å²) in [6, 6.07) is 8.43. The minimum absolute atomic E-state index is 0.0626. The lowest BCUT2D eigenvalue weighted by molar-refractivity contribution is -0.121. The smallest absolute Gasteiger partial charge is 0.220 e. The van der Waals surface area contributed by atoms with Gasteiger partial charge in [-0.15, -0.1) is 10.2 Å². The molecule has 0 fully saturated rings. The van der Waals surface area contributed by atoms with Crippen molar-refractivity contribution < 1.29 is 4.79 Å². The molecule has 27 heavy (non-hydrogen) atoms. The molecule has 1 aliphatic rings. The summed E-state index contributed by atoms with van der Waals surface area (Å²) in [5.41, 5.74) is 5.77. The van der Waals surface area contributed by atoms with E-state index in [2.05, 4.69) is 44.8 Å². The van der Waals surface area contributed by atoms with Gasteiger partial charge in [0, 0.05) is 30.1 Å². The van der Waals surface area contributed by atoms with E-state index in [1.807, 2.05) is 30.8 Å². The Balaban J connectivity index is 1.68. The third kappa shape index (κ3) is 3.35. The normalized spacial score (nSPS) is 16.0. The van der Waals surface area contributed by atoms with E-state index in [1.54, 1.807) is 6.33 Å². The lowest BCUT2D eigenvalue weighted by Crippen LogP contribution is -2.30. The zero-order valence-corrected chi connectivity index (χ0v) is 15.6. The molecule has 2 heterocycles. The number of aryl methyl sites for hydroxylation is 1. The van der Waals surface area contributed by atoms with Crippen LogP contribution >= 0.6 is 0 Å². The predicted molar refractivity (Wildman–Crippen MR) is 103 cm³/mol. The average Bonchev–Trinajstić information content (AvgIpc) is 3.14. The lowest BCUT2D eigenvalue weighted by atomic mass is 9.84. The fourth-order valence-electron chi connectivity index (χ4n) is 3.76. The largest absolute Gasteiger partial charge is 0.349 e. The number of carbonyl (C=O) groups is 1. The first-order valence-corrected chi connectivity index (χ1v) is 9.41. The molecule has 1 aromatic carbocycles. The lowest BCUT2D eigenvalue weighted by Gasteiger charge is -2.27. The van der Waals surface area contributed by atoms with Gasteiger partial charge in [0.25, 0.3) is 0 Å². The van der Waals surface area contributed by atoms with E-state index < -0.39 is 0 Å². The second-order valence-corrected chi connectivity index (χ2v) is 6.92. The van der Waals surface area contributed by atoms with Crippen molar-refractivity contribution in [2.24, 2.45) is 0 Å². The first-order valence-electron chi connectivity index (χ1n) is 9.41. The van der Waals surface area contributed by atoms with E-state index in [0.717, 1.165) is 47.5 Å². The highest BCUT2D eigenvalue weighted by Gasteiger charge is 2.24. The number of nitrogens with one attached hydrogen (secondary N) is 1. The molecular weight excluding hydrogens is 338 g/mol. The van der Waals surface area contributed by atoms with Crippen molar-refractivity contribution in [1.29, 1.82) is 0 Å². The van der Waals surface area contributed by atoms with E-state index in [1.165, 1.54) is 5.56 Å². The molecule has 4 rings (SSSR count). The quantitative estimate of drug-likeness (QED) is 0.771. The Bertz CT molecular complexity index is 961. The predicted octanol–water partition coefficient (Wildman–Crippen LogP) is 3.54. The Morgan fingerprint density at radius 2 is 2.07 bits per heavy atom. The van der Waals surface area contributed by atoms with Gasteiger partial charge in [-0.2, -0.15) is 0 Å². The molecule has 6 nitrogen and oxygen atoms in total. The van der Waals surface area contributed by atoms with E-state index in [-0.39, 0.29) is 11.9 Å². The Morgan fingerprint density at radius 3 is 2.78 bits per heavy atom. The first kappa shape index (κ1) is 17.4. The summed E-state index contributed by atoms with van der Waals surface area (Å²) in [5, 5.41) is 11.1. The van der Waals surface area contributed by atoms with Gasteiger partial charge in [-0.3, -0.25) is 14.3 Å². The van der Waals surface area contributed by atoms with Gasteiger partial charge in [0.1, 0.15) is 12.2 Å². The van der Waals surface area contributed by atoms with Gasteiger partial charge in [0.05, 0.1) is 6.04 Å². The van der Waals surface area contributed by atoms with Crippen LogP contribution in [0.1, 0.15) is 49.2 Å². The molecule has 0 saturated carbocycles. The van der Waals surface area contributed by atoms with Crippen LogP contribution in [0.2, 0.25) is 0 Å². The topological polar surface area (TPSA) is 72.7 Å². The van der Waals surface area contributed by atoms with Gasteiger partial charge in [-0.1, -0.05) is 19.1 Å². The fourth-order valence-corrected chi connectivity index (χ4v) is 3.76. The van der Waals surface area contributed by atoms with E-state index in [0.29, 0.717) is 6.42 Å². The maximum Gasteiger partial charge on any atom is 0.220 e. The van der Waals surface area contributed by atoms with Crippen LogP contribution in [0.25, 0.3) is 16.8 Å². The molecule has 0 bridgehead atoms. The van der Waals surface area contributed by atoms with Crippen LogP contribution in [0, 0.1) is 6.92 Å². The number of nitrogens with zero attached hydrogens (tertiary/aromatic N) is 4. The molecular formula is C21H23N5O. The van der Waals surface area contributed by atoms with Gasteiger partial charge in [-0.05, 0) is 55.0 Å². The third-order valence-electron chi connectivity index (χ3n) is 5.22. The second-order valence-electron chi connectivity index (χ2n) is 6.92. The highest BCUT2D eigenvalue weighted by Crippen LogP contribution is 2.35. The van der Waals surface area contributed by atoms with Gasteiger partial charge in [-0.25, -0.2) is 0 Å². The molecule has 1 amide bonds. The average molecular weight is 361 g/mol. The van der Waals surface area contributed by atoms with Crippen LogP contribution in [0.15, 0.2) is 43.0 Å². The van der Waals surface area contributed by atoms with Gasteiger partial charge < -0.3 is 5.32 Å². The summed E-state index contributed by atoms with van der Waals surface area (Å²) in [6.07, 6.45) is 9.11. The number of fused-ring (bicyclic) bond motifs is 1. The number of pyridine rings is 1. The molecule has 1 N–H and O–H groups in total. The van der Waals surface area contributed by atoms with Crippen molar-refractivity contribution in [1.82, 2.24) is 25.1 Å². The fraction of sp³-hybridized carbons (Fsp3) is 0.333. The minimum atomic E-state index is 0.0626. The van der Waals surface area contributed by atoms with Crippen LogP contribution in [-0.2, 0) is 11.2 Å². The Morgan fingerprint density at radius 1 is 1.26 bits per heavy atom. The molecule has 6 heteroatoms. The molecule has 2 aromatic heterocycles. The Labute approximate surface area is 158 Å². The summed E-state index contributed by atoms with van der Waals surface area (Å²) in [4.78, 5) is 16.3. The minimum Gasteiger partial charge on any atom is -0.349 e. The monoisotopic (exact) mass is 361 g/mol. The molecule has 3 aromatic rings. The van der Waals surface area contributed by atoms with Crippen molar-refractivity contribution in [3.8, 4) is 16.8 Å². The summed E-state index contributed by atoms with van der Waals surface area (Å²) in [7, 11) is 0. The number of carbonyl (C=O) groups excluding carboxylic acids is 1. The molecule has 1 aliphatic carbocycles. The highest BCUT2D eigenvalue weighted by atomic mass is 16.1. The third-order valence-corrected chi connectivity index (χ3v) is 5.22. The SMILES string of the molecule is CCC(=O)N[C@@H]1CCCc2c(-c3ccc(-n4cnnc4C)cc3)cncc21. The maximum absolute atomic E-state index is 11.9. The summed E-state index contributed by atoms with van der Waals surface area (Å²) >= 11 is 0. The van der Waals surface area contributed by atoms with Gasteiger partial charge in [0.2, 0.25) is 5.91 Å². The molecule has 0 spiro atoms. The molecule has 1 atom stereocenters. The maximum atomic E-state index is 11.9. The summed E-state index contributed by atoms with van der Waals surface area (Å²) < 4.78 is 1.96. The molecule has 138 valence electrons. The van der Waals surface area contributed by atoms with E-state index in [9.17, 15) is 4.79 Å².